The van der Waals surface area contributed by atoms with Crippen LogP contribution in [0, 0.1) is 12.8 Å². The molecule has 0 radical (unpaired) electrons. The van der Waals surface area contributed by atoms with Crippen LogP contribution < -0.4 is 15.1 Å². The molecule has 4 fully saturated rings. The zero-order chi connectivity index (χ0) is 38.8. The van der Waals surface area contributed by atoms with Crippen molar-refractivity contribution < 1.29 is 19.5 Å². The molecule has 2 N–H and O–H groups in total. The van der Waals surface area contributed by atoms with Gasteiger partial charge in [0.15, 0.2) is 0 Å². The van der Waals surface area contributed by atoms with Crippen molar-refractivity contribution in [3.8, 4) is 17.0 Å². The van der Waals surface area contributed by atoms with Crippen LogP contribution in [0.4, 0.5) is 11.4 Å². The maximum atomic E-state index is 14.7. The Hall–Kier alpha value is -5.30. The minimum Gasteiger partial charge on any atom is -0.507 e. The highest BCUT2D eigenvalue weighted by atomic mass is 16.3. The third-order valence-corrected chi connectivity index (χ3v) is 12.9. The van der Waals surface area contributed by atoms with E-state index in [2.05, 4.69) is 42.3 Å². The van der Waals surface area contributed by atoms with Crippen LogP contribution in [0.25, 0.3) is 11.3 Å². The highest BCUT2D eigenvalue weighted by molar-refractivity contribution is 6.01. The zero-order valence-corrected chi connectivity index (χ0v) is 32.5. The van der Waals surface area contributed by atoms with Crippen LogP contribution in [0.15, 0.2) is 73.1 Å². The van der Waals surface area contributed by atoms with E-state index in [1.807, 2.05) is 60.0 Å². The highest BCUT2D eigenvalue weighted by Gasteiger charge is 2.47. The molecule has 0 aliphatic carbocycles. The van der Waals surface area contributed by atoms with Gasteiger partial charge in [0, 0.05) is 88.5 Å². The molecular formula is C43H53N9O4. The maximum Gasteiger partial charge on any atom is 0.250 e. The first kappa shape index (κ1) is 37.6. The number of piperidine rings is 4. The number of carbonyl (C=O) groups excluding carboxylic acids is 3. The molecule has 4 saturated heterocycles. The molecule has 6 heterocycles. The molecule has 8 rings (SSSR count). The number of nitrogens with zero attached hydrogens (tertiary/aromatic N) is 8. The molecule has 13 heteroatoms. The number of aryl methyl sites for hydroxylation is 1. The predicted molar refractivity (Wildman–Crippen MR) is 214 cm³/mol. The molecule has 4 aromatic rings. The number of anilines is 2. The predicted octanol–water partition coefficient (Wildman–Crippen LogP) is 4.71. The number of likely N-dealkylation sites (N-methyl/N-ethyl adjacent to an activating group) is 1. The van der Waals surface area contributed by atoms with Gasteiger partial charge < -0.3 is 24.7 Å². The maximum absolute atomic E-state index is 14.7. The average Bonchev–Trinajstić information content (AvgIpc) is 3.67. The average molecular weight is 760 g/mol. The summed E-state index contributed by atoms with van der Waals surface area (Å²) in [6.07, 6.45) is 9.95. The van der Waals surface area contributed by atoms with Gasteiger partial charge in [0.1, 0.15) is 11.3 Å². The number of likely N-dealkylation sites (tertiary alicyclic amines) is 1. The summed E-state index contributed by atoms with van der Waals surface area (Å²) >= 11 is 0. The topological polar surface area (TPSA) is 140 Å². The van der Waals surface area contributed by atoms with Crippen molar-refractivity contribution in [2.45, 2.75) is 75.8 Å². The summed E-state index contributed by atoms with van der Waals surface area (Å²) in [5, 5.41) is 26.1. The number of aromatic nitrogens is 4. The second-order valence-electron chi connectivity index (χ2n) is 16.2. The van der Waals surface area contributed by atoms with Crippen LogP contribution in [0.1, 0.15) is 68.5 Å². The number of hydrogen-bond donors (Lipinski definition) is 2. The number of phenolic OH excluding ortho intramolecular Hbond substituents is 1. The standard InChI is InChI=1S/C43H53N9O4/c1-30-13-20-45-52(30)43(18-25-51(26-19-43)35-27-38(47-44-28-35)37-5-3-4-6-39(37)53)42(56)48(2)33-16-21-49(22-17-33)29-31-14-23-50(24-15-31)34-9-7-32(8-10-34)36-11-12-40(54)46-41(36)55/h3-10,13,20,27-28,31,33,36,53H,11-12,14-19,21-26,29H2,1-2H3,(H,46,54,55)/t36-/m1/s1. The summed E-state index contributed by atoms with van der Waals surface area (Å²) in [7, 11) is 1.99. The summed E-state index contributed by atoms with van der Waals surface area (Å²) in [5.74, 6) is 0.328. The molecule has 13 nitrogen and oxygen atoms in total. The Labute approximate surface area is 328 Å². The Morgan fingerprint density at radius 3 is 2.29 bits per heavy atom. The van der Waals surface area contributed by atoms with Crippen molar-refractivity contribution in [3.05, 3.63) is 84.3 Å². The van der Waals surface area contributed by atoms with Gasteiger partial charge >= 0.3 is 0 Å². The summed E-state index contributed by atoms with van der Waals surface area (Å²) < 4.78 is 1.97. The van der Waals surface area contributed by atoms with Crippen LogP contribution >= 0.6 is 0 Å². The molecular weight excluding hydrogens is 707 g/mol. The Morgan fingerprint density at radius 1 is 0.893 bits per heavy atom. The fourth-order valence-electron chi connectivity index (χ4n) is 9.47. The summed E-state index contributed by atoms with van der Waals surface area (Å²) in [5.41, 5.74) is 4.55. The molecule has 0 saturated carbocycles. The number of aromatic hydroxyl groups is 1. The van der Waals surface area contributed by atoms with Crippen molar-refractivity contribution in [2.24, 2.45) is 5.92 Å². The van der Waals surface area contributed by atoms with E-state index in [1.165, 1.54) is 5.69 Å². The van der Waals surface area contributed by atoms with Crippen LogP contribution in [0.5, 0.6) is 5.75 Å². The Bertz CT molecular complexity index is 2030. The number of imide groups is 1. The number of phenols is 1. The van der Waals surface area contributed by atoms with Crippen molar-refractivity contribution in [1.82, 2.24) is 35.1 Å². The molecule has 4 aliphatic rings. The van der Waals surface area contributed by atoms with E-state index in [-0.39, 0.29) is 35.4 Å². The van der Waals surface area contributed by atoms with Crippen LogP contribution in [-0.4, -0.2) is 112 Å². The van der Waals surface area contributed by atoms with E-state index in [1.54, 1.807) is 24.5 Å². The van der Waals surface area contributed by atoms with Crippen LogP contribution in [0.2, 0.25) is 0 Å². The number of amides is 3. The lowest BCUT2D eigenvalue weighted by Gasteiger charge is -2.46. The monoisotopic (exact) mass is 759 g/mol. The molecule has 2 aromatic heterocycles. The lowest BCUT2D eigenvalue weighted by Crippen LogP contribution is -2.59. The SMILES string of the molecule is Cc1ccnn1C1(C(=O)N(C)C2CCN(CC3CCN(c4ccc([C@H]5CCC(=O)NC5=O)cc4)CC3)CC2)CCN(c2cnnc(-c3ccccc3O)c2)CC1. The second kappa shape index (κ2) is 16.0. The van der Waals surface area contributed by atoms with E-state index in [0.717, 1.165) is 75.4 Å². The molecule has 56 heavy (non-hydrogen) atoms. The van der Waals surface area contributed by atoms with Gasteiger partial charge in [-0.3, -0.25) is 24.4 Å². The zero-order valence-electron chi connectivity index (χ0n) is 32.5. The van der Waals surface area contributed by atoms with Gasteiger partial charge in [-0.2, -0.15) is 15.3 Å². The Kier molecular flexibility index (Phi) is 10.8. The number of rotatable bonds is 9. The first-order chi connectivity index (χ1) is 27.2. The van der Waals surface area contributed by atoms with Gasteiger partial charge in [0.05, 0.1) is 23.5 Å². The molecule has 0 unspecified atom stereocenters. The first-order valence-electron chi connectivity index (χ1n) is 20.2. The van der Waals surface area contributed by atoms with Crippen molar-refractivity contribution in [3.63, 3.8) is 0 Å². The molecule has 2 aromatic carbocycles. The van der Waals surface area contributed by atoms with Gasteiger partial charge in [0.25, 0.3) is 5.91 Å². The van der Waals surface area contributed by atoms with Crippen LogP contribution in [-0.2, 0) is 19.9 Å². The highest BCUT2D eigenvalue weighted by Crippen LogP contribution is 2.37. The Balaban J connectivity index is 0.842. The van der Waals surface area contributed by atoms with E-state index >= 15 is 0 Å². The summed E-state index contributed by atoms with van der Waals surface area (Å²) in [4.78, 5) is 47.9. The van der Waals surface area contributed by atoms with E-state index < -0.39 is 5.54 Å². The fraction of sp³-hybridized carbons (Fsp3) is 0.488. The lowest BCUT2D eigenvalue weighted by atomic mass is 9.84. The van der Waals surface area contributed by atoms with Crippen molar-refractivity contribution in [2.75, 3.05) is 62.7 Å². The molecule has 3 amide bonds. The minimum atomic E-state index is -0.768. The fourth-order valence-corrected chi connectivity index (χ4v) is 9.47. The Morgan fingerprint density at radius 2 is 1.61 bits per heavy atom. The largest absolute Gasteiger partial charge is 0.507 e. The van der Waals surface area contributed by atoms with E-state index in [4.69, 9.17) is 5.10 Å². The molecule has 0 bridgehead atoms. The van der Waals surface area contributed by atoms with Gasteiger partial charge in [-0.05, 0) is 99.7 Å². The quantitative estimate of drug-likeness (QED) is 0.231. The summed E-state index contributed by atoms with van der Waals surface area (Å²) in [6, 6.07) is 19.6. The van der Waals surface area contributed by atoms with Crippen molar-refractivity contribution >= 4 is 29.1 Å². The van der Waals surface area contributed by atoms with Gasteiger partial charge in [-0.15, -0.1) is 0 Å². The lowest BCUT2D eigenvalue weighted by molar-refractivity contribution is -0.144. The number of benzene rings is 2. The normalized spacial score (nSPS) is 21.2. The number of hydrogen-bond acceptors (Lipinski definition) is 10. The van der Waals surface area contributed by atoms with Gasteiger partial charge in [-0.1, -0.05) is 24.3 Å². The molecule has 294 valence electrons. The minimum absolute atomic E-state index is 0.141. The first-order valence-corrected chi connectivity index (χ1v) is 20.2. The van der Waals surface area contributed by atoms with Crippen LogP contribution in [0.3, 0.4) is 0 Å². The van der Waals surface area contributed by atoms with Crippen molar-refractivity contribution in [1.29, 1.82) is 0 Å². The number of nitrogens with one attached hydrogen (secondary N) is 1. The van der Waals surface area contributed by atoms with E-state index in [0.29, 0.717) is 55.9 Å². The molecule has 0 spiro atoms. The number of carbonyl (C=O) groups is 3. The van der Waals surface area contributed by atoms with Gasteiger partial charge in [-0.25, -0.2) is 0 Å². The summed E-state index contributed by atoms with van der Waals surface area (Å²) in [6.45, 7) is 8.44. The second-order valence-corrected chi connectivity index (χ2v) is 16.2. The third kappa shape index (κ3) is 7.61. The van der Waals surface area contributed by atoms with Gasteiger partial charge in [0.2, 0.25) is 11.8 Å². The smallest absolute Gasteiger partial charge is 0.250 e. The molecule has 1 atom stereocenters. The third-order valence-electron chi connectivity index (χ3n) is 12.9. The number of para-hydroxylation sites is 1. The van der Waals surface area contributed by atoms with E-state index in [9.17, 15) is 19.5 Å². The molecule has 4 aliphatic heterocycles.